The minimum absolute atomic E-state index is 0.128. The largest absolute Gasteiger partial charge is 0.494 e. The number of ether oxygens (including phenoxy) is 2. The van der Waals surface area contributed by atoms with Crippen molar-refractivity contribution in [1.82, 2.24) is 15.6 Å². The summed E-state index contributed by atoms with van der Waals surface area (Å²) in [7, 11) is 0. The third kappa shape index (κ3) is 7.13. The number of imide groups is 1. The highest BCUT2D eigenvalue weighted by molar-refractivity contribution is 5.99. The van der Waals surface area contributed by atoms with Gasteiger partial charge in [0, 0.05) is 17.9 Å². The second-order valence-electron chi connectivity index (χ2n) is 6.23. The summed E-state index contributed by atoms with van der Waals surface area (Å²) < 4.78 is 10.4. The van der Waals surface area contributed by atoms with Gasteiger partial charge in [0.05, 0.1) is 6.61 Å². The molecule has 29 heavy (non-hydrogen) atoms. The van der Waals surface area contributed by atoms with Crippen LogP contribution in [0.1, 0.15) is 31.1 Å². The third-order valence-corrected chi connectivity index (χ3v) is 3.46. The minimum Gasteiger partial charge on any atom is -0.494 e. The van der Waals surface area contributed by atoms with E-state index in [1.165, 1.54) is 12.3 Å². The molecule has 0 aliphatic carbocycles. The number of hydrogen-bond donors (Lipinski definition) is 3. The van der Waals surface area contributed by atoms with E-state index in [1.54, 1.807) is 44.2 Å². The maximum Gasteiger partial charge on any atom is 0.342 e. The van der Waals surface area contributed by atoms with Gasteiger partial charge in [-0.15, -0.1) is 0 Å². The predicted octanol–water partition coefficient (Wildman–Crippen LogP) is 2.61. The molecule has 3 N–H and O–H groups in total. The van der Waals surface area contributed by atoms with Crippen LogP contribution in [0.4, 0.5) is 16.3 Å². The van der Waals surface area contributed by atoms with Gasteiger partial charge in [0.1, 0.15) is 17.1 Å². The standard InChI is InChI=1S/C20H24N4O5/c1-4-28-15-9-7-14(8-10-15)23-18-16(6-5-11-21-18)19(26)29-12-17(25)24-20(27)22-13(2)3/h5-11,13H,4,12H2,1-3H3,(H,21,23)(H2,22,24,25,27). The molecule has 0 atom stereocenters. The summed E-state index contributed by atoms with van der Waals surface area (Å²) in [5, 5.41) is 7.61. The Morgan fingerprint density at radius 1 is 1.10 bits per heavy atom. The fraction of sp³-hybridized carbons (Fsp3) is 0.300. The zero-order valence-electron chi connectivity index (χ0n) is 16.5. The molecule has 0 fully saturated rings. The molecule has 0 radical (unpaired) electrons. The summed E-state index contributed by atoms with van der Waals surface area (Å²) in [5.74, 6) is -0.474. The second-order valence-corrected chi connectivity index (χ2v) is 6.23. The highest BCUT2D eigenvalue weighted by Crippen LogP contribution is 2.21. The van der Waals surface area contributed by atoms with E-state index in [4.69, 9.17) is 9.47 Å². The molecule has 154 valence electrons. The number of benzene rings is 1. The molecule has 2 aromatic rings. The lowest BCUT2D eigenvalue weighted by Crippen LogP contribution is -2.44. The molecule has 0 saturated carbocycles. The van der Waals surface area contributed by atoms with Crippen LogP contribution in [0.3, 0.4) is 0 Å². The lowest BCUT2D eigenvalue weighted by atomic mass is 10.2. The van der Waals surface area contributed by atoms with Crippen molar-refractivity contribution < 1.29 is 23.9 Å². The smallest absolute Gasteiger partial charge is 0.342 e. The lowest BCUT2D eigenvalue weighted by Gasteiger charge is -2.12. The summed E-state index contributed by atoms with van der Waals surface area (Å²) in [6.45, 7) is 5.38. The fourth-order valence-electron chi connectivity index (χ4n) is 2.28. The van der Waals surface area contributed by atoms with Gasteiger partial charge in [-0.1, -0.05) is 0 Å². The first kappa shape index (κ1) is 21.7. The Morgan fingerprint density at radius 2 is 1.83 bits per heavy atom. The van der Waals surface area contributed by atoms with E-state index in [0.29, 0.717) is 12.3 Å². The Balaban J connectivity index is 1.97. The lowest BCUT2D eigenvalue weighted by molar-refractivity contribution is -0.123. The zero-order valence-corrected chi connectivity index (χ0v) is 16.5. The van der Waals surface area contributed by atoms with Gasteiger partial charge in [0.15, 0.2) is 6.61 Å². The van der Waals surface area contributed by atoms with Gasteiger partial charge in [-0.3, -0.25) is 10.1 Å². The minimum atomic E-state index is -0.744. The van der Waals surface area contributed by atoms with Crippen LogP contribution in [0.15, 0.2) is 42.6 Å². The number of rotatable bonds is 8. The monoisotopic (exact) mass is 400 g/mol. The molecule has 1 aromatic heterocycles. The van der Waals surface area contributed by atoms with Gasteiger partial charge in [-0.05, 0) is 57.2 Å². The van der Waals surface area contributed by atoms with Crippen LogP contribution in [-0.2, 0) is 9.53 Å². The molecule has 1 heterocycles. The van der Waals surface area contributed by atoms with Gasteiger partial charge in [0.2, 0.25) is 0 Å². The van der Waals surface area contributed by atoms with E-state index in [0.717, 1.165) is 5.75 Å². The molecular weight excluding hydrogens is 376 g/mol. The van der Waals surface area contributed by atoms with Crippen molar-refractivity contribution in [2.45, 2.75) is 26.8 Å². The van der Waals surface area contributed by atoms with Crippen LogP contribution in [-0.4, -0.2) is 42.1 Å². The molecule has 0 unspecified atom stereocenters. The Labute approximate surface area is 168 Å². The molecule has 9 nitrogen and oxygen atoms in total. The van der Waals surface area contributed by atoms with Crippen molar-refractivity contribution in [3.05, 3.63) is 48.2 Å². The molecule has 3 amide bonds. The number of pyridine rings is 1. The first-order chi connectivity index (χ1) is 13.9. The Morgan fingerprint density at radius 3 is 2.48 bits per heavy atom. The molecule has 0 spiro atoms. The number of carbonyl (C=O) groups excluding carboxylic acids is 3. The normalized spacial score (nSPS) is 10.2. The Bertz CT molecular complexity index is 852. The Kier molecular flexibility index (Phi) is 7.96. The molecule has 9 heteroatoms. The van der Waals surface area contributed by atoms with E-state index >= 15 is 0 Å². The number of urea groups is 1. The Hall–Kier alpha value is -3.62. The average molecular weight is 400 g/mol. The van der Waals surface area contributed by atoms with Crippen molar-refractivity contribution in [2.24, 2.45) is 0 Å². The molecule has 0 aliphatic heterocycles. The number of esters is 1. The van der Waals surface area contributed by atoms with Crippen LogP contribution in [0.2, 0.25) is 0 Å². The molecule has 0 aliphatic rings. The van der Waals surface area contributed by atoms with Crippen molar-refractivity contribution in [2.75, 3.05) is 18.5 Å². The van der Waals surface area contributed by atoms with Crippen molar-refractivity contribution in [3.8, 4) is 5.75 Å². The predicted molar refractivity (Wildman–Crippen MR) is 107 cm³/mol. The van der Waals surface area contributed by atoms with Crippen molar-refractivity contribution in [1.29, 1.82) is 0 Å². The van der Waals surface area contributed by atoms with Gasteiger partial charge in [0.25, 0.3) is 5.91 Å². The summed E-state index contributed by atoms with van der Waals surface area (Å²) in [6.07, 6.45) is 1.52. The van der Waals surface area contributed by atoms with Gasteiger partial charge >= 0.3 is 12.0 Å². The zero-order chi connectivity index (χ0) is 21.2. The van der Waals surface area contributed by atoms with E-state index in [-0.39, 0.29) is 17.4 Å². The second kappa shape index (κ2) is 10.6. The van der Waals surface area contributed by atoms with E-state index < -0.39 is 24.5 Å². The van der Waals surface area contributed by atoms with Crippen LogP contribution in [0.5, 0.6) is 5.75 Å². The number of anilines is 2. The van der Waals surface area contributed by atoms with E-state index in [9.17, 15) is 14.4 Å². The topological polar surface area (TPSA) is 119 Å². The molecule has 2 rings (SSSR count). The van der Waals surface area contributed by atoms with E-state index in [2.05, 4.69) is 20.9 Å². The van der Waals surface area contributed by atoms with Crippen LogP contribution >= 0.6 is 0 Å². The number of aromatic nitrogens is 1. The number of nitrogens with one attached hydrogen (secondary N) is 3. The van der Waals surface area contributed by atoms with Crippen LogP contribution in [0, 0.1) is 0 Å². The maximum atomic E-state index is 12.4. The van der Waals surface area contributed by atoms with Gasteiger partial charge < -0.3 is 20.1 Å². The molecular formula is C20H24N4O5. The summed E-state index contributed by atoms with van der Waals surface area (Å²) in [5.41, 5.74) is 0.852. The number of hydrogen-bond acceptors (Lipinski definition) is 7. The van der Waals surface area contributed by atoms with Gasteiger partial charge in [-0.2, -0.15) is 0 Å². The third-order valence-electron chi connectivity index (χ3n) is 3.46. The van der Waals surface area contributed by atoms with Crippen LogP contribution in [0.25, 0.3) is 0 Å². The average Bonchev–Trinajstić information content (AvgIpc) is 2.67. The quantitative estimate of drug-likeness (QED) is 0.583. The number of carbonyl (C=O) groups is 3. The first-order valence-corrected chi connectivity index (χ1v) is 9.11. The van der Waals surface area contributed by atoms with Crippen molar-refractivity contribution in [3.63, 3.8) is 0 Å². The fourth-order valence-corrected chi connectivity index (χ4v) is 2.28. The highest BCUT2D eigenvalue weighted by Gasteiger charge is 2.17. The maximum absolute atomic E-state index is 12.4. The molecule has 0 saturated heterocycles. The van der Waals surface area contributed by atoms with Gasteiger partial charge in [-0.25, -0.2) is 14.6 Å². The number of nitrogens with zero attached hydrogens (tertiary/aromatic N) is 1. The van der Waals surface area contributed by atoms with Crippen LogP contribution < -0.4 is 20.7 Å². The summed E-state index contributed by atoms with van der Waals surface area (Å²) in [4.78, 5) is 39.7. The first-order valence-electron chi connectivity index (χ1n) is 9.11. The number of amides is 3. The SMILES string of the molecule is CCOc1ccc(Nc2ncccc2C(=O)OCC(=O)NC(=O)NC(C)C)cc1. The summed E-state index contributed by atoms with van der Waals surface area (Å²) in [6, 6.07) is 9.48. The highest BCUT2D eigenvalue weighted by atomic mass is 16.5. The molecule has 1 aromatic carbocycles. The summed E-state index contributed by atoms with van der Waals surface area (Å²) >= 11 is 0. The van der Waals surface area contributed by atoms with E-state index in [1.807, 2.05) is 6.92 Å². The molecule has 0 bridgehead atoms. The van der Waals surface area contributed by atoms with Crippen molar-refractivity contribution >= 4 is 29.4 Å².